The fourth-order valence-electron chi connectivity index (χ4n) is 2.49. The number of hydrogen-bond acceptors (Lipinski definition) is 2. The second-order valence-electron chi connectivity index (χ2n) is 5.09. The maximum absolute atomic E-state index is 4.59. The number of nitrogens with one attached hydrogen (secondary N) is 1. The molecule has 0 aliphatic heterocycles. The van der Waals surface area contributed by atoms with Gasteiger partial charge < -0.3 is 9.72 Å². The standard InChI is InChI=1S/C17H19N3/c1-13(15-8-4-3-5-9-15)18-12-16-14(2)19-17-10-6-7-11-20(16)17/h3-11,13,18H,12H2,1-2H3/t13-/m1/s1. The quantitative estimate of drug-likeness (QED) is 0.782. The Bertz CT molecular complexity index is 701. The van der Waals surface area contributed by atoms with Crippen molar-refractivity contribution in [2.45, 2.75) is 26.4 Å². The molecule has 0 aliphatic carbocycles. The zero-order chi connectivity index (χ0) is 13.9. The predicted octanol–water partition coefficient (Wildman–Crippen LogP) is 3.49. The van der Waals surface area contributed by atoms with Crippen LogP contribution >= 0.6 is 0 Å². The lowest BCUT2D eigenvalue weighted by atomic mass is 10.1. The van der Waals surface area contributed by atoms with Crippen molar-refractivity contribution in [2.75, 3.05) is 0 Å². The molecule has 0 spiro atoms. The van der Waals surface area contributed by atoms with Crippen molar-refractivity contribution >= 4 is 5.65 Å². The molecule has 2 heterocycles. The molecule has 102 valence electrons. The second kappa shape index (κ2) is 5.47. The second-order valence-corrected chi connectivity index (χ2v) is 5.09. The van der Waals surface area contributed by atoms with Gasteiger partial charge in [-0.1, -0.05) is 36.4 Å². The molecule has 0 bridgehead atoms. The summed E-state index contributed by atoms with van der Waals surface area (Å²) in [6.07, 6.45) is 2.07. The van der Waals surface area contributed by atoms with E-state index < -0.39 is 0 Å². The number of pyridine rings is 1. The highest BCUT2D eigenvalue weighted by atomic mass is 15.0. The van der Waals surface area contributed by atoms with Crippen molar-refractivity contribution in [1.29, 1.82) is 0 Å². The van der Waals surface area contributed by atoms with Gasteiger partial charge in [0.25, 0.3) is 0 Å². The minimum Gasteiger partial charge on any atom is -0.305 e. The smallest absolute Gasteiger partial charge is 0.137 e. The lowest BCUT2D eigenvalue weighted by Gasteiger charge is -2.14. The predicted molar refractivity (Wildman–Crippen MR) is 81.6 cm³/mol. The summed E-state index contributed by atoms with van der Waals surface area (Å²) < 4.78 is 2.15. The van der Waals surface area contributed by atoms with Gasteiger partial charge in [-0.3, -0.25) is 0 Å². The van der Waals surface area contributed by atoms with Gasteiger partial charge in [-0.25, -0.2) is 4.98 Å². The normalized spacial score (nSPS) is 12.7. The summed E-state index contributed by atoms with van der Waals surface area (Å²) in [5, 5.41) is 3.57. The lowest BCUT2D eigenvalue weighted by Crippen LogP contribution is -2.19. The first kappa shape index (κ1) is 12.9. The summed E-state index contributed by atoms with van der Waals surface area (Å²) in [6.45, 7) is 5.07. The van der Waals surface area contributed by atoms with Gasteiger partial charge >= 0.3 is 0 Å². The number of rotatable bonds is 4. The number of fused-ring (bicyclic) bond motifs is 1. The Labute approximate surface area is 119 Å². The SMILES string of the molecule is Cc1nc2ccccn2c1CN[C@H](C)c1ccccc1. The Hall–Kier alpha value is -2.13. The Morgan fingerprint density at radius 1 is 1.10 bits per heavy atom. The van der Waals surface area contributed by atoms with E-state index in [0.29, 0.717) is 6.04 Å². The third kappa shape index (κ3) is 2.45. The van der Waals surface area contributed by atoms with Crippen molar-refractivity contribution < 1.29 is 0 Å². The summed E-state index contributed by atoms with van der Waals surface area (Å²) in [6, 6.07) is 16.9. The highest BCUT2D eigenvalue weighted by molar-refractivity contribution is 5.42. The van der Waals surface area contributed by atoms with Gasteiger partial charge in [0.2, 0.25) is 0 Å². The molecular weight excluding hydrogens is 246 g/mol. The maximum atomic E-state index is 4.59. The van der Waals surface area contributed by atoms with E-state index in [0.717, 1.165) is 17.9 Å². The van der Waals surface area contributed by atoms with Gasteiger partial charge in [-0.05, 0) is 31.5 Å². The van der Waals surface area contributed by atoms with Crippen LogP contribution in [0.25, 0.3) is 5.65 Å². The summed E-state index contributed by atoms with van der Waals surface area (Å²) in [5.74, 6) is 0. The fourth-order valence-corrected chi connectivity index (χ4v) is 2.49. The van der Waals surface area contributed by atoms with Gasteiger partial charge in [0.15, 0.2) is 0 Å². The van der Waals surface area contributed by atoms with E-state index in [1.807, 2.05) is 24.3 Å². The van der Waals surface area contributed by atoms with Crippen LogP contribution in [0.15, 0.2) is 54.7 Å². The molecule has 0 saturated carbocycles. The summed E-state index contributed by atoms with van der Waals surface area (Å²) in [5.41, 5.74) is 4.63. The van der Waals surface area contributed by atoms with Gasteiger partial charge in [-0.2, -0.15) is 0 Å². The Kier molecular flexibility index (Phi) is 3.52. The first-order chi connectivity index (χ1) is 9.75. The number of benzene rings is 1. The fraction of sp³-hybridized carbons (Fsp3) is 0.235. The van der Waals surface area contributed by atoms with Crippen LogP contribution in [0.5, 0.6) is 0 Å². The molecule has 1 N–H and O–H groups in total. The Morgan fingerprint density at radius 2 is 1.85 bits per heavy atom. The zero-order valence-electron chi connectivity index (χ0n) is 11.9. The lowest BCUT2D eigenvalue weighted by molar-refractivity contribution is 0.564. The molecule has 1 aromatic carbocycles. The number of aromatic nitrogens is 2. The van der Waals surface area contributed by atoms with Gasteiger partial charge in [0.1, 0.15) is 5.65 Å². The minimum absolute atomic E-state index is 0.324. The molecule has 0 fully saturated rings. The number of nitrogens with zero attached hydrogens (tertiary/aromatic N) is 2. The van der Waals surface area contributed by atoms with Crippen LogP contribution in [0.3, 0.4) is 0 Å². The molecule has 0 amide bonds. The van der Waals surface area contributed by atoms with Crippen LogP contribution < -0.4 is 5.32 Å². The van der Waals surface area contributed by atoms with Gasteiger partial charge in [0, 0.05) is 18.8 Å². The van der Waals surface area contributed by atoms with E-state index in [-0.39, 0.29) is 0 Å². The molecule has 0 radical (unpaired) electrons. The highest BCUT2D eigenvalue weighted by Gasteiger charge is 2.10. The van der Waals surface area contributed by atoms with Crippen molar-refractivity contribution in [1.82, 2.24) is 14.7 Å². The molecule has 20 heavy (non-hydrogen) atoms. The van der Waals surface area contributed by atoms with Crippen molar-refractivity contribution in [3.05, 3.63) is 71.7 Å². The van der Waals surface area contributed by atoms with Crippen LogP contribution in [-0.2, 0) is 6.54 Å². The number of imidazole rings is 1. The minimum atomic E-state index is 0.324. The molecule has 1 atom stereocenters. The first-order valence-corrected chi connectivity index (χ1v) is 6.96. The molecular formula is C17H19N3. The Morgan fingerprint density at radius 3 is 2.65 bits per heavy atom. The van der Waals surface area contributed by atoms with Crippen LogP contribution in [0.4, 0.5) is 0 Å². The van der Waals surface area contributed by atoms with E-state index in [9.17, 15) is 0 Å². The largest absolute Gasteiger partial charge is 0.305 e. The van der Waals surface area contributed by atoms with E-state index in [2.05, 4.69) is 59.0 Å². The van der Waals surface area contributed by atoms with E-state index in [4.69, 9.17) is 0 Å². The van der Waals surface area contributed by atoms with E-state index in [1.54, 1.807) is 0 Å². The van der Waals surface area contributed by atoms with Crippen LogP contribution in [-0.4, -0.2) is 9.38 Å². The average molecular weight is 265 g/mol. The molecule has 0 unspecified atom stereocenters. The van der Waals surface area contributed by atoms with Crippen LogP contribution in [0, 0.1) is 6.92 Å². The van der Waals surface area contributed by atoms with Crippen LogP contribution in [0.1, 0.15) is 29.9 Å². The number of aryl methyl sites for hydroxylation is 1. The zero-order valence-corrected chi connectivity index (χ0v) is 11.9. The highest BCUT2D eigenvalue weighted by Crippen LogP contribution is 2.15. The molecule has 0 aliphatic rings. The first-order valence-electron chi connectivity index (χ1n) is 6.96. The summed E-state index contributed by atoms with van der Waals surface area (Å²) in [7, 11) is 0. The third-order valence-electron chi connectivity index (χ3n) is 3.70. The molecule has 3 rings (SSSR count). The van der Waals surface area contributed by atoms with E-state index in [1.165, 1.54) is 11.3 Å². The van der Waals surface area contributed by atoms with Gasteiger partial charge in [0.05, 0.1) is 11.4 Å². The average Bonchev–Trinajstić information content (AvgIpc) is 2.81. The monoisotopic (exact) mass is 265 g/mol. The summed E-state index contributed by atoms with van der Waals surface area (Å²) >= 11 is 0. The molecule has 3 nitrogen and oxygen atoms in total. The molecule has 3 aromatic rings. The summed E-state index contributed by atoms with van der Waals surface area (Å²) in [4.78, 5) is 4.59. The molecule has 3 heteroatoms. The van der Waals surface area contributed by atoms with Gasteiger partial charge in [-0.15, -0.1) is 0 Å². The van der Waals surface area contributed by atoms with E-state index >= 15 is 0 Å². The Balaban J connectivity index is 1.79. The van der Waals surface area contributed by atoms with Crippen molar-refractivity contribution in [3.63, 3.8) is 0 Å². The molecule has 2 aromatic heterocycles. The topological polar surface area (TPSA) is 29.3 Å². The number of hydrogen-bond donors (Lipinski definition) is 1. The van der Waals surface area contributed by atoms with Crippen molar-refractivity contribution in [2.24, 2.45) is 0 Å². The van der Waals surface area contributed by atoms with Crippen LogP contribution in [0.2, 0.25) is 0 Å². The third-order valence-corrected chi connectivity index (χ3v) is 3.70. The van der Waals surface area contributed by atoms with Crippen molar-refractivity contribution in [3.8, 4) is 0 Å². The molecule has 0 saturated heterocycles. The maximum Gasteiger partial charge on any atom is 0.137 e.